The minimum atomic E-state index is -0.591. The quantitative estimate of drug-likeness (QED) is 0.696. The van der Waals surface area contributed by atoms with Gasteiger partial charge in [0.25, 0.3) is 5.91 Å². The molecule has 2 amide bonds. The number of carbonyl (C=O) groups excluding carboxylic acids is 2. The smallest absolute Gasteiger partial charge is 0.262 e. The highest BCUT2D eigenvalue weighted by Gasteiger charge is 2.25. The topological polar surface area (TPSA) is 61.4 Å². The second kappa shape index (κ2) is 10.3. The van der Waals surface area contributed by atoms with Crippen LogP contribution in [-0.4, -0.2) is 47.4 Å². The van der Waals surface area contributed by atoms with Crippen LogP contribution >= 0.6 is 23.1 Å². The second-order valence-electron chi connectivity index (χ2n) is 7.70. The standard InChI is InChI=1S/C22H29N3O2S2/c1-15(2)20(24-21(26)19-5-4-10-29-19)22(27)23-18-13-17(7-6-16(18)3)14-25-8-11-28-12-9-25/h4-7,10,13,15,20H,8-9,11-12,14H2,1-3H3,(H,23,27)(H,24,26). The Kier molecular flexibility index (Phi) is 7.75. The van der Waals surface area contributed by atoms with E-state index in [-0.39, 0.29) is 17.7 Å². The number of amides is 2. The molecule has 2 aromatic rings. The first-order chi connectivity index (χ1) is 13.9. The third-order valence-corrected chi connectivity index (χ3v) is 6.86. The first kappa shape index (κ1) is 21.9. The van der Waals surface area contributed by atoms with E-state index in [0.29, 0.717) is 4.88 Å². The van der Waals surface area contributed by atoms with Crippen molar-refractivity contribution in [3.05, 3.63) is 51.7 Å². The lowest BCUT2D eigenvalue weighted by molar-refractivity contribution is -0.118. The summed E-state index contributed by atoms with van der Waals surface area (Å²) in [6.45, 7) is 8.97. The average molecular weight is 432 g/mol. The van der Waals surface area contributed by atoms with E-state index in [2.05, 4.69) is 33.7 Å². The molecule has 1 atom stereocenters. The van der Waals surface area contributed by atoms with Crippen LogP contribution in [0.4, 0.5) is 5.69 Å². The molecular weight excluding hydrogens is 402 g/mol. The van der Waals surface area contributed by atoms with Crippen molar-refractivity contribution in [3.8, 4) is 0 Å². The van der Waals surface area contributed by atoms with Crippen LogP contribution in [0, 0.1) is 12.8 Å². The van der Waals surface area contributed by atoms with Crippen molar-refractivity contribution in [2.24, 2.45) is 5.92 Å². The van der Waals surface area contributed by atoms with Gasteiger partial charge in [-0.2, -0.15) is 11.8 Å². The summed E-state index contributed by atoms with van der Waals surface area (Å²) in [5, 5.41) is 7.79. The molecule has 0 bridgehead atoms. The molecule has 1 unspecified atom stereocenters. The lowest BCUT2D eigenvalue weighted by Gasteiger charge is -2.26. The summed E-state index contributed by atoms with van der Waals surface area (Å²) in [6, 6.07) is 9.26. The Balaban J connectivity index is 1.68. The number of hydrogen-bond acceptors (Lipinski definition) is 5. The molecule has 0 spiro atoms. The number of rotatable bonds is 7. The van der Waals surface area contributed by atoms with Crippen LogP contribution in [0.3, 0.4) is 0 Å². The minimum Gasteiger partial charge on any atom is -0.339 e. The molecule has 2 heterocycles. The van der Waals surface area contributed by atoms with Gasteiger partial charge < -0.3 is 10.6 Å². The predicted octanol–water partition coefficient (Wildman–Crippen LogP) is 4.00. The van der Waals surface area contributed by atoms with Crippen molar-refractivity contribution in [1.82, 2.24) is 10.2 Å². The zero-order valence-corrected chi connectivity index (χ0v) is 18.9. The molecule has 1 fully saturated rings. The fraction of sp³-hybridized carbons (Fsp3) is 0.455. The molecule has 29 heavy (non-hydrogen) atoms. The van der Waals surface area contributed by atoms with Crippen molar-refractivity contribution in [1.29, 1.82) is 0 Å². The van der Waals surface area contributed by atoms with Gasteiger partial charge in [-0.05, 0) is 41.5 Å². The van der Waals surface area contributed by atoms with Crippen LogP contribution < -0.4 is 10.6 Å². The van der Waals surface area contributed by atoms with Gasteiger partial charge in [0.2, 0.25) is 5.91 Å². The first-order valence-corrected chi connectivity index (χ1v) is 12.0. The largest absolute Gasteiger partial charge is 0.339 e. The van der Waals surface area contributed by atoms with Crippen LogP contribution in [0.25, 0.3) is 0 Å². The van der Waals surface area contributed by atoms with Crippen LogP contribution in [0.1, 0.15) is 34.6 Å². The Bertz CT molecular complexity index is 831. The molecule has 156 valence electrons. The maximum atomic E-state index is 13.0. The molecule has 0 saturated carbocycles. The van der Waals surface area contributed by atoms with Crippen LogP contribution in [-0.2, 0) is 11.3 Å². The molecule has 3 rings (SSSR count). The lowest BCUT2D eigenvalue weighted by Crippen LogP contribution is -2.47. The number of thiophene rings is 1. The zero-order chi connectivity index (χ0) is 20.8. The highest BCUT2D eigenvalue weighted by atomic mass is 32.2. The van der Waals surface area contributed by atoms with Crippen LogP contribution in [0.15, 0.2) is 35.7 Å². The van der Waals surface area contributed by atoms with Gasteiger partial charge in [0, 0.05) is 36.8 Å². The highest BCUT2D eigenvalue weighted by Crippen LogP contribution is 2.21. The Morgan fingerprint density at radius 1 is 1.17 bits per heavy atom. The number of hydrogen-bond donors (Lipinski definition) is 2. The van der Waals surface area contributed by atoms with E-state index in [4.69, 9.17) is 0 Å². The summed E-state index contributed by atoms with van der Waals surface area (Å²) in [7, 11) is 0. The van der Waals surface area contributed by atoms with Crippen LogP contribution in [0.5, 0.6) is 0 Å². The fourth-order valence-electron chi connectivity index (χ4n) is 3.29. The average Bonchev–Trinajstić information content (AvgIpc) is 3.24. The molecule has 7 heteroatoms. The molecule has 1 saturated heterocycles. The number of aryl methyl sites for hydroxylation is 1. The maximum absolute atomic E-state index is 13.0. The Morgan fingerprint density at radius 3 is 2.59 bits per heavy atom. The van der Waals surface area contributed by atoms with Gasteiger partial charge in [0.15, 0.2) is 0 Å². The number of carbonyl (C=O) groups is 2. The van der Waals surface area contributed by atoms with E-state index in [9.17, 15) is 9.59 Å². The van der Waals surface area contributed by atoms with Gasteiger partial charge >= 0.3 is 0 Å². The van der Waals surface area contributed by atoms with E-state index in [1.165, 1.54) is 28.4 Å². The maximum Gasteiger partial charge on any atom is 0.262 e. The molecule has 0 radical (unpaired) electrons. The van der Waals surface area contributed by atoms with Gasteiger partial charge in [0.05, 0.1) is 4.88 Å². The Labute approximate surface area is 181 Å². The van der Waals surface area contributed by atoms with E-state index in [0.717, 1.165) is 30.9 Å². The van der Waals surface area contributed by atoms with Gasteiger partial charge in [-0.25, -0.2) is 0 Å². The summed E-state index contributed by atoms with van der Waals surface area (Å²) < 4.78 is 0. The molecule has 0 aliphatic carbocycles. The normalized spacial score (nSPS) is 15.9. The van der Waals surface area contributed by atoms with Crippen LogP contribution in [0.2, 0.25) is 0 Å². The number of thioether (sulfide) groups is 1. The molecule has 1 aliphatic heterocycles. The van der Waals surface area contributed by atoms with Crippen molar-refractivity contribution in [2.75, 3.05) is 29.9 Å². The number of anilines is 1. The third-order valence-electron chi connectivity index (χ3n) is 5.05. The Morgan fingerprint density at radius 2 is 1.93 bits per heavy atom. The van der Waals surface area contributed by atoms with E-state index in [1.807, 2.05) is 44.0 Å². The lowest BCUT2D eigenvalue weighted by atomic mass is 10.0. The summed E-state index contributed by atoms with van der Waals surface area (Å²) >= 11 is 3.37. The fourth-order valence-corrected chi connectivity index (χ4v) is 4.89. The summed E-state index contributed by atoms with van der Waals surface area (Å²) in [4.78, 5) is 28.5. The van der Waals surface area contributed by atoms with Gasteiger partial charge in [-0.3, -0.25) is 14.5 Å². The summed E-state index contributed by atoms with van der Waals surface area (Å²) in [5.74, 6) is 1.94. The van der Waals surface area contributed by atoms with Gasteiger partial charge in [0.1, 0.15) is 6.04 Å². The van der Waals surface area contributed by atoms with Gasteiger partial charge in [-0.15, -0.1) is 11.3 Å². The van der Waals surface area contributed by atoms with E-state index < -0.39 is 6.04 Å². The zero-order valence-electron chi connectivity index (χ0n) is 17.2. The Hall–Kier alpha value is -1.83. The molecule has 2 N–H and O–H groups in total. The molecule has 1 aliphatic rings. The number of nitrogens with zero attached hydrogens (tertiary/aromatic N) is 1. The van der Waals surface area contributed by atoms with E-state index >= 15 is 0 Å². The molecular formula is C22H29N3O2S2. The minimum absolute atomic E-state index is 0.0201. The summed E-state index contributed by atoms with van der Waals surface area (Å²) in [5.41, 5.74) is 3.03. The van der Waals surface area contributed by atoms with Crippen molar-refractivity contribution < 1.29 is 9.59 Å². The molecule has 5 nitrogen and oxygen atoms in total. The highest BCUT2D eigenvalue weighted by molar-refractivity contribution is 7.99. The third kappa shape index (κ3) is 6.07. The second-order valence-corrected chi connectivity index (χ2v) is 9.87. The van der Waals surface area contributed by atoms with Crippen molar-refractivity contribution >= 4 is 40.6 Å². The summed E-state index contributed by atoms with van der Waals surface area (Å²) in [6.07, 6.45) is 0. The van der Waals surface area contributed by atoms with Crippen molar-refractivity contribution in [3.63, 3.8) is 0 Å². The number of benzene rings is 1. The molecule has 1 aromatic heterocycles. The molecule has 1 aromatic carbocycles. The predicted molar refractivity (Wildman–Crippen MR) is 123 cm³/mol. The van der Waals surface area contributed by atoms with Crippen molar-refractivity contribution in [2.45, 2.75) is 33.4 Å². The first-order valence-electron chi connectivity index (χ1n) is 9.99. The monoisotopic (exact) mass is 431 g/mol. The number of nitrogens with one attached hydrogen (secondary N) is 2. The van der Waals surface area contributed by atoms with Gasteiger partial charge in [-0.1, -0.05) is 32.0 Å². The van der Waals surface area contributed by atoms with E-state index in [1.54, 1.807) is 6.07 Å². The SMILES string of the molecule is Cc1ccc(CN2CCSCC2)cc1NC(=O)C(NC(=O)c1cccs1)C(C)C.